The average Bonchev–Trinajstić information content (AvgIpc) is 1.85. The van der Waals surface area contributed by atoms with E-state index in [-0.39, 0.29) is 5.91 Å². The molecule has 0 aliphatic rings. The number of carbonyl (C=O) groups excluding carboxylic acids is 1. The normalized spacial score (nSPS) is 13.0. The van der Waals surface area contributed by atoms with E-state index in [9.17, 15) is 4.79 Å². The average molecular weight is 144 g/mol. The largest absolute Gasteiger partial charge is 0.370 e. The van der Waals surface area contributed by atoms with Crippen LogP contribution in [-0.4, -0.2) is 12.5 Å². The van der Waals surface area contributed by atoms with E-state index in [1.54, 1.807) is 0 Å². The smallest absolute Gasteiger partial charge is 0.217 e. The van der Waals surface area contributed by atoms with Crippen LogP contribution in [0.2, 0.25) is 0 Å². The summed E-state index contributed by atoms with van der Waals surface area (Å²) in [6, 6.07) is 0. The predicted octanol–water partition coefficient (Wildman–Crippen LogP) is 0.237. The Morgan fingerprint density at radius 2 is 2.10 bits per heavy atom. The predicted molar refractivity (Wildman–Crippen MR) is 41.3 cm³/mol. The Labute approximate surface area is 61.8 Å². The van der Waals surface area contributed by atoms with Crippen molar-refractivity contribution in [1.29, 1.82) is 0 Å². The molecule has 4 N–H and O–H groups in total. The minimum atomic E-state index is -0.219. The molecule has 0 heterocycles. The third-order valence-corrected chi connectivity index (χ3v) is 1.54. The number of hydrogen-bond donors (Lipinski definition) is 2. The topological polar surface area (TPSA) is 69.1 Å². The number of amides is 1. The SMILES string of the molecule is CC(CCN)CCC(N)=O. The zero-order valence-electron chi connectivity index (χ0n) is 6.47. The van der Waals surface area contributed by atoms with Gasteiger partial charge in [-0.15, -0.1) is 0 Å². The third-order valence-electron chi connectivity index (χ3n) is 1.54. The molecule has 0 aliphatic heterocycles. The summed E-state index contributed by atoms with van der Waals surface area (Å²) in [5.74, 6) is 0.307. The van der Waals surface area contributed by atoms with Gasteiger partial charge in [0.05, 0.1) is 0 Å². The van der Waals surface area contributed by atoms with E-state index >= 15 is 0 Å². The van der Waals surface area contributed by atoms with Gasteiger partial charge in [-0.1, -0.05) is 6.92 Å². The number of carbonyl (C=O) groups is 1. The summed E-state index contributed by atoms with van der Waals surface area (Å²) in [6.07, 6.45) is 2.33. The van der Waals surface area contributed by atoms with Crippen LogP contribution in [0.4, 0.5) is 0 Å². The second-order valence-corrected chi connectivity index (χ2v) is 2.69. The molecule has 3 heteroatoms. The molecule has 10 heavy (non-hydrogen) atoms. The molecule has 0 aromatic carbocycles. The summed E-state index contributed by atoms with van der Waals surface area (Å²) < 4.78 is 0. The molecule has 1 unspecified atom stereocenters. The fraction of sp³-hybridized carbons (Fsp3) is 0.857. The fourth-order valence-corrected chi connectivity index (χ4v) is 0.818. The molecule has 0 saturated carbocycles. The molecular formula is C7H16N2O. The highest BCUT2D eigenvalue weighted by Crippen LogP contribution is 2.07. The van der Waals surface area contributed by atoms with E-state index in [4.69, 9.17) is 11.5 Å². The van der Waals surface area contributed by atoms with E-state index in [0.717, 1.165) is 12.8 Å². The summed E-state index contributed by atoms with van der Waals surface area (Å²) >= 11 is 0. The molecule has 0 saturated heterocycles. The van der Waals surface area contributed by atoms with Gasteiger partial charge in [-0.25, -0.2) is 0 Å². The maximum Gasteiger partial charge on any atom is 0.217 e. The van der Waals surface area contributed by atoms with Crippen molar-refractivity contribution in [2.75, 3.05) is 6.54 Å². The van der Waals surface area contributed by atoms with Gasteiger partial charge < -0.3 is 11.5 Å². The molecule has 3 nitrogen and oxygen atoms in total. The molecule has 0 aromatic rings. The van der Waals surface area contributed by atoms with E-state index in [1.807, 2.05) is 0 Å². The highest BCUT2D eigenvalue weighted by Gasteiger charge is 2.01. The van der Waals surface area contributed by atoms with Crippen LogP contribution in [0, 0.1) is 5.92 Å². The summed E-state index contributed by atoms with van der Waals surface area (Å²) in [5, 5.41) is 0. The van der Waals surface area contributed by atoms with Gasteiger partial charge in [0.25, 0.3) is 0 Å². The van der Waals surface area contributed by atoms with Crippen molar-refractivity contribution in [3.05, 3.63) is 0 Å². The van der Waals surface area contributed by atoms with Gasteiger partial charge in [0.1, 0.15) is 0 Å². The zero-order valence-corrected chi connectivity index (χ0v) is 6.47. The summed E-state index contributed by atoms with van der Waals surface area (Å²) in [5.41, 5.74) is 10.3. The molecule has 0 spiro atoms. The first-order valence-corrected chi connectivity index (χ1v) is 3.65. The molecular weight excluding hydrogens is 128 g/mol. The van der Waals surface area contributed by atoms with Crippen molar-refractivity contribution in [2.24, 2.45) is 17.4 Å². The molecule has 60 valence electrons. The van der Waals surface area contributed by atoms with Crippen LogP contribution >= 0.6 is 0 Å². The molecule has 0 aromatic heterocycles. The van der Waals surface area contributed by atoms with Crippen LogP contribution in [0.15, 0.2) is 0 Å². The summed E-state index contributed by atoms with van der Waals surface area (Å²) in [4.78, 5) is 10.3. The summed E-state index contributed by atoms with van der Waals surface area (Å²) in [6.45, 7) is 2.77. The minimum Gasteiger partial charge on any atom is -0.370 e. The van der Waals surface area contributed by atoms with Gasteiger partial charge >= 0.3 is 0 Å². The van der Waals surface area contributed by atoms with Crippen molar-refractivity contribution in [2.45, 2.75) is 26.2 Å². The van der Waals surface area contributed by atoms with Gasteiger partial charge in [0.2, 0.25) is 5.91 Å². The fourth-order valence-electron chi connectivity index (χ4n) is 0.818. The Hall–Kier alpha value is -0.570. The number of hydrogen-bond acceptors (Lipinski definition) is 2. The second-order valence-electron chi connectivity index (χ2n) is 2.69. The molecule has 0 radical (unpaired) electrons. The van der Waals surface area contributed by atoms with Crippen LogP contribution in [0.5, 0.6) is 0 Å². The lowest BCUT2D eigenvalue weighted by Gasteiger charge is -2.06. The molecule has 0 aliphatic carbocycles. The Bertz CT molecular complexity index is 104. The van der Waals surface area contributed by atoms with Crippen LogP contribution < -0.4 is 11.5 Å². The third kappa shape index (κ3) is 5.56. The Balaban J connectivity index is 3.21. The highest BCUT2D eigenvalue weighted by atomic mass is 16.1. The van der Waals surface area contributed by atoms with Gasteiger partial charge in [-0.2, -0.15) is 0 Å². The Morgan fingerprint density at radius 3 is 2.50 bits per heavy atom. The van der Waals surface area contributed by atoms with E-state index in [0.29, 0.717) is 18.9 Å². The van der Waals surface area contributed by atoms with E-state index in [2.05, 4.69) is 6.92 Å². The van der Waals surface area contributed by atoms with Crippen LogP contribution in [0.25, 0.3) is 0 Å². The maximum absolute atomic E-state index is 10.3. The number of primary amides is 1. The highest BCUT2D eigenvalue weighted by molar-refractivity contribution is 5.73. The number of nitrogens with two attached hydrogens (primary N) is 2. The Kier molecular flexibility index (Phi) is 4.94. The van der Waals surface area contributed by atoms with Gasteiger partial charge in [-0.3, -0.25) is 4.79 Å². The van der Waals surface area contributed by atoms with Crippen LogP contribution in [0.1, 0.15) is 26.2 Å². The molecule has 1 atom stereocenters. The standard InChI is InChI=1S/C7H16N2O/c1-6(4-5-8)2-3-7(9)10/h6H,2-5,8H2,1H3,(H2,9,10). The molecule has 0 bridgehead atoms. The lowest BCUT2D eigenvalue weighted by Crippen LogP contribution is -2.13. The van der Waals surface area contributed by atoms with Gasteiger partial charge in [-0.05, 0) is 25.3 Å². The Morgan fingerprint density at radius 1 is 1.50 bits per heavy atom. The first-order valence-electron chi connectivity index (χ1n) is 3.65. The van der Waals surface area contributed by atoms with Crippen molar-refractivity contribution < 1.29 is 4.79 Å². The van der Waals surface area contributed by atoms with E-state index < -0.39 is 0 Å². The minimum absolute atomic E-state index is 0.219. The maximum atomic E-state index is 10.3. The van der Waals surface area contributed by atoms with Crippen molar-refractivity contribution >= 4 is 5.91 Å². The van der Waals surface area contributed by atoms with E-state index in [1.165, 1.54) is 0 Å². The van der Waals surface area contributed by atoms with Crippen molar-refractivity contribution in [1.82, 2.24) is 0 Å². The lowest BCUT2D eigenvalue weighted by atomic mass is 10.0. The number of rotatable bonds is 5. The van der Waals surface area contributed by atoms with Crippen molar-refractivity contribution in [3.63, 3.8) is 0 Å². The molecule has 1 amide bonds. The molecule has 0 rings (SSSR count). The summed E-state index contributed by atoms with van der Waals surface area (Å²) in [7, 11) is 0. The monoisotopic (exact) mass is 144 g/mol. The van der Waals surface area contributed by atoms with Crippen LogP contribution in [-0.2, 0) is 4.79 Å². The molecule has 0 fully saturated rings. The zero-order chi connectivity index (χ0) is 7.98. The second kappa shape index (κ2) is 5.23. The van der Waals surface area contributed by atoms with Crippen molar-refractivity contribution in [3.8, 4) is 0 Å². The van der Waals surface area contributed by atoms with Crippen LogP contribution in [0.3, 0.4) is 0 Å². The quantitative estimate of drug-likeness (QED) is 0.580. The van der Waals surface area contributed by atoms with Gasteiger partial charge in [0, 0.05) is 6.42 Å². The first kappa shape index (κ1) is 9.43. The lowest BCUT2D eigenvalue weighted by molar-refractivity contribution is -0.118. The first-order chi connectivity index (χ1) is 4.66. The van der Waals surface area contributed by atoms with Gasteiger partial charge in [0.15, 0.2) is 0 Å².